The monoisotopic (exact) mass is 383 g/mol. The van der Waals surface area contributed by atoms with Gasteiger partial charge in [-0.15, -0.1) is 0 Å². The van der Waals surface area contributed by atoms with Crippen LogP contribution in [0.2, 0.25) is 0 Å². The zero-order valence-electron chi connectivity index (χ0n) is 17.1. The van der Waals surface area contributed by atoms with E-state index >= 15 is 0 Å². The van der Waals surface area contributed by atoms with E-state index in [4.69, 9.17) is 0 Å². The van der Waals surface area contributed by atoms with Crippen molar-refractivity contribution in [2.24, 2.45) is 5.92 Å². The summed E-state index contributed by atoms with van der Waals surface area (Å²) in [5, 5.41) is 4.06. The number of carbonyl (C=O) groups excluding carboxylic acids is 2. The highest BCUT2D eigenvalue weighted by Gasteiger charge is 2.33. The van der Waals surface area contributed by atoms with E-state index in [-0.39, 0.29) is 17.9 Å². The molecule has 150 valence electrons. The number of amides is 2. The van der Waals surface area contributed by atoms with E-state index in [1.165, 1.54) is 11.9 Å². The van der Waals surface area contributed by atoms with E-state index < -0.39 is 6.04 Å². The summed E-state index contributed by atoms with van der Waals surface area (Å²) in [6.07, 6.45) is 3.94. The number of carbonyl (C=O) groups is 2. The largest absolute Gasteiger partial charge is 0.335 e. The Hall–Kier alpha value is -2.70. The molecule has 0 radical (unpaired) electrons. The van der Waals surface area contributed by atoms with Gasteiger partial charge in [-0.2, -0.15) is 5.10 Å². The van der Waals surface area contributed by atoms with Crippen molar-refractivity contribution in [3.63, 3.8) is 0 Å². The molecule has 0 spiro atoms. The molecule has 2 unspecified atom stereocenters. The van der Waals surface area contributed by atoms with E-state index in [1.54, 1.807) is 11.0 Å². The smallest absolute Gasteiger partial charge is 0.253 e. The van der Waals surface area contributed by atoms with Gasteiger partial charge in [0.05, 0.1) is 0 Å². The molecule has 2 amide bonds. The van der Waals surface area contributed by atoms with Gasteiger partial charge in [-0.25, -0.2) is 9.67 Å². The van der Waals surface area contributed by atoms with Crippen molar-refractivity contribution < 1.29 is 9.59 Å². The van der Waals surface area contributed by atoms with Crippen LogP contribution in [0, 0.1) is 5.92 Å². The van der Waals surface area contributed by atoms with E-state index in [2.05, 4.69) is 30.0 Å². The second-order valence-corrected chi connectivity index (χ2v) is 7.98. The van der Waals surface area contributed by atoms with Gasteiger partial charge in [0, 0.05) is 31.2 Å². The highest BCUT2D eigenvalue weighted by atomic mass is 16.2. The molecule has 0 bridgehead atoms. The average Bonchev–Trinajstić information content (AvgIpc) is 3.20. The van der Waals surface area contributed by atoms with Gasteiger partial charge >= 0.3 is 0 Å². The van der Waals surface area contributed by atoms with E-state index in [9.17, 15) is 9.59 Å². The minimum Gasteiger partial charge on any atom is -0.335 e. The lowest BCUT2D eigenvalue weighted by Crippen LogP contribution is -2.56. The Morgan fingerprint density at radius 2 is 2.00 bits per heavy atom. The number of piperazine rings is 1. The quantitative estimate of drug-likeness (QED) is 0.795. The Bertz CT molecular complexity index is 818. The summed E-state index contributed by atoms with van der Waals surface area (Å²) in [4.78, 5) is 33.4. The van der Waals surface area contributed by atoms with Crippen LogP contribution in [-0.4, -0.2) is 62.1 Å². The number of hydrogen-bond acceptors (Lipinski definition) is 4. The average molecular weight is 383 g/mol. The topological polar surface area (TPSA) is 71.3 Å². The van der Waals surface area contributed by atoms with Gasteiger partial charge in [0.2, 0.25) is 5.91 Å². The Balaban J connectivity index is 1.65. The fraction of sp³-hybridized carbons (Fsp3) is 0.524. The zero-order chi connectivity index (χ0) is 20.3. The fourth-order valence-electron chi connectivity index (χ4n) is 3.73. The van der Waals surface area contributed by atoms with Gasteiger partial charge in [-0.1, -0.05) is 26.0 Å². The lowest BCUT2D eigenvalue weighted by Gasteiger charge is -2.40. The van der Waals surface area contributed by atoms with Gasteiger partial charge in [0.1, 0.15) is 18.7 Å². The van der Waals surface area contributed by atoms with Crippen LogP contribution in [0.3, 0.4) is 0 Å². The molecule has 28 heavy (non-hydrogen) atoms. The van der Waals surface area contributed by atoms with Crippen molar-refractivity contribution in [3.8, 4) is 0 Å². The molecule has 7 nitrogen and oxygen atoms in total. The number of rotatable bonds is 5. The molecular formula is C21H29N5O2. The molecule has 1 aromatic heterocycles. The first kappa shape index (κ1) is 20.0. The first-order chi connectivity index (χ1) is 13.4. The van der Waals surface area contributed by atoms with E-state index in [0.29, 0.717) is 25.6 Å². The van der Waals surface area contributed by atoms with Crippen LogP contribution in [0.25, 0.3) is 0 Å². The lowest BCUT2D eigenvalue weighted by atomic mass is 10.0. The third-order valence-electron chi connectivity index (χ3n) is 5.21. The van der Waals surface area contributed by atoms with Crippen molar-refractivity contribution in [2.75, 3.05) is 19.6 Å². The third-order valence-corrected chi connectivity index (χ3v) is 5.21. The summed E-state index contributed by atoms with van der Waals surface area (Å²) in [7, 11) is 0. The summed E-state index contributed by atoms with van der Waals surface area (Å²) in [5.74, 6) is 0.588. The lowest BCUT2D eigenvalue weighted by molar-refractivity contribution is -0.138. The maximum absolute atomic E-state index is 13.0. The van der Waals surface area contributed by atoms with Crippen LogP contribution >= 0.6 is 0 Å². The molecule has 1 fully saturated rings. The van der Waals surface area contributed by atoms with E-state index in [1.807, 2.05) is 41.8 Å². The maximum Gasteiger partial charge on any atom is 0.253 e. The van der Waals surface area contributed by atoms with Gasteiger partial charge < -0.3 is 9.80 Å². The molecule has 1 aromatic carbocycles. The molecule has 1 aliphatic rings. The first-order valence-electron chi connectivity index (χ1n) is 9.89. The standard InChI is InChI=1S/C21H29N5O2/c1-15(2)10-18-6-5-7-19(11-18)21(28)24-8-9-25(16(3)12-24)20(27)17(4)26-14-22-13-23-26/h5-7,11,13-17H,8-10,12H2,1-4H3. The molecule has 7 heteroatoms. The second-order valence-electron chi connectivity index (χ2n) is 7.98. The van der Waals surface area contributed by atoms with Crippen molar-refractivity contribution in [1.29, 1.82) is 0 Å². The Morgan fingerprint density at radius 3 is 2.64 bits per heavy atom. The predicted octanol–water partition coefficient (Wildman–Crippen LogP) is 2.41. The van der Waals surface area contributed by atoms with Crippen LogP contribution < -0.4 is 0 Å². The van der Waals surface area contributed by atoms with Gasteiger partial charge in [-0.3, -0.25) is 9.59 Å². The number of benzene rings is 1. The number of nitrogens with zero attached hydrogens (tertiary/aromatic N) is 5. The van der Waals surface area contributed by atoms with Crippen LogP contribution in [0.4, 0.5) is 0 Å². The van der Waals surface area contributed by atoms with Crippen LogP contribution in [0.1, 0.15) is 49.7 Å². The summed E-state index contributed by atoms with van der Waals surface area (Å²) in [5.41, 5.74) is 1.91. The van der Waals surface area contributed by atoms with Gasteiger partial charge in [-0.05, 0) is 43.9 Å². The maximum atomic E-state index is 13.0. The predicted molar refractivity (Wildman–Crippen MR) is 107 cm³/mol. The molecule has 3 rings (SSSR count). The molecular weight excluding hydrogens is 354 g/mol. The van der Waals surface area contributed by atoms with Crippen molar-refractivity contribution in [1.82, 2.24) is 24.6 Å². The van der Waals surface area contributed by atoms with Crippen molar-refractivity contribution in [2.45, 2.75) is 46.2 Å². The Kier molecular flexibility index (Phi) is 6.11. The molecule has 1 aliphatic heterocycles. The number of hydrogen-bond donors (Lipinski definition) is 0. The SMILES string of the molecule is CC(C)Cc1cccc(C(=O)N2CCN(C(=O)C(C)n3cncn3)C(C)C2)c1. The molecule has 2 heterocycles. The van der Waals surface area contributed by atoms with Gasteiger partial charge in [0.25, 0.3) is 5.91 Å². The van der Waals surface area contributed by atoms with E-state index in [0.717, 1.165) is 12.0 Å². The van der Waals surface area contributed by atoms with Crippen LogP contribution in [0.15, 0.2) is 36.9 Å². The third kappa shape index (κ3) is 4.40. The minimum absolute atomic E-state index is 0.00373. The molecule has 2 aromatic rings. The minimum atomic E-state index is -0.403. The normalized spacial score (nSPS) is 18.4. The summed E-state index contributed by atoms with van der Waals surface area (Å²) in [6, 6.07) is 7.45. The Morgan fingerprint density at radius 1 is 1.21 bits per heavy atom. The zero-order valence-corrected chi connectivity index (χ0v) is 17.1. The van der Waals surface area contributed by atoms with Crippen molar-refractivity contribution >= 4 is 11.8 Å². The highest BCUT2D eigenvalue weighted by molar-refractivity contribution is 5.94. The van der Waals surface area contributed by atoms with Crippen molar-refractivity contribution in [3.05, 3.63) is 48.0 Å². The van der Waals surface area contributed by atoms with Crippen LogP contribution in [-0.2, 0) is 11.2 Å². The highest BCUT2D eigenvalue weighted by Crippen LogP contribution is 2.18. The Labute approximate surface area is 166 Å². The van der Waals surface area contributed by atoms with Crippen LogP contribution in [0.5, 0.6) is 0 Å². The van der Waals surface area contributed by atoms with Gasteiger partial charge in [0.15, 0.2) is 0 Å². The molecule has 2 atom stereocenters. The first-order valence-corrected chi connectivity index (χ1v) is 9.89. The molecule has 1 saturated heterocycles. The summed E-state index contributed by atoms with van der Waals surface area (Å²) >= 11 is 0. The fourth-order valence-corrected chi connectivity index (χ4v) is 3.73. The molecule has 0 N–H and O–H groups in total. The number of aromatic nitrogens is 3. The summed E-state index contributed by atoms with van der Waals surface area (Å²) < 4.78 is 1.56. The molecule has 0 saturated carbocycles. The molecule has 0 aliphatic carbocycles. The summed E-state index contributed by atoms with van der Waals surface area (Å²) in [6.45, 7) is 9.74. The second kappa shape index (κ2) is 8.54.